The maximum Gasteiger partial charge on any atom is 0.467 e. The Balaban J connectivity index is 3.90. The first kappa shape index (κ1) is 11.0. The fraction of sp³-hybridized carbons (Fsp3) is 0.750. The minimum absolute atomic E-state index is 2.11. The molecule has 0 fully saturated rings. The highest BCUT2D eigenvalue weighted by Crippen LogP contribution is 2.20. The predicted octanol–water partition coefficient (Wildman–Crippen LogP) is 2.10. The summed E-state index contributed by atoms with van der Waals surface area (Å²) in [4.78, 5) is 0. The molecule has 0 unspecified atom stereocenters. The summed E-state index contributed by atoms with van der Waals surface area (Å²) in [7, 11) is 0. The van der Waals surface area contributed by atoms with E-state index in [-0.39, 0.29) is 0 Å². The molecule has 0 amide bonds. The minimum atomic E-state index is -5.16. The molecule has 0 aromatic heterocycles. The average molecular weight is 195 g/mol. The normalized spacial score (nSPS) is 12.8. The first-order valence-electron chi connectivity index (χ1n) is 2.48. The van der Waals surface area contributed by atoms with Crippen LogP contribution in [0.4, 0.5) is 26.3 Å². The van der Waals surface area contributed by atoms with Crippen LogP contribution in [-0.2, 0) is 4.74 Å². The molecule has 0 rings (SSSR count). The summed E-state index contributed by atoms with van der Waals surface area (Å²) in [6.45, 7) is -2.11. The van der Waals surface area contributed by atoms with Crippen LogP contribution in [0, 0.1) is 5.41 Å². The molecule has 12 heavy (non-hydrogen) atoms. The molecule has 0 saturated heterocycles. The van der Waals surface area contributed by atoms with Crippen molar-refractivity contribution >= 4 is 5.90 Å². The largest absolute Gasteiger partial charge is 0.467 e. The molecule has 0 heterocycles. The second kappa shape index (κ2) is 3.20. The summed E-state index contributed by atoms with van der Waals surface area (Å²) >= 11 is 0. The van der Waals surface area contributed by atoms with E-state index in [9.17, 15) is 26.3 Å². The van der Waals surface area contributed by atoms with Crippen molar-refractivity contribution < 1.29 is 31.1 Å². The number of hydrogen-bond acceptors (Lipinski definition) is 2. The molecular weight excluding hydrogens is 192 g/mol. The van der Waals surface area contributed by atoms with Crippen molar-refractivity contribution in [2.24, 2.45) is 0 Å². The molecule has 1 N–H and O–H groups in total. The summed E-state index contributed by atoms with van der Waals surface area (Å²) in [5.41, 5.74) is 0. The van der Waals surface area contributed by atoms with Gasteiger partial charge in [-0.25, -0.2) is 0 Å². The molecule has 8 heteroatoms. The number of rotatable bonds is 1. The Kier molecular flexibility index (Phi) is 2.94. The van der Waals surface area contributed by atoms with Gasteiger partial charge in [-0.2, -0.15) is 26.3 Å². The number of alkyl halides is 6. The van der Waals surface area contributed by atoms with Gasteiger partial charge in [-0.1, -0.05) is 0 Å². The van der Waals surface area contributed by atoms with Gasteiger partial charge in [0.15, 0.2) is 6.61 Å². The van der Waals surface area contributed by atoms with Crippen molar-refractivity contribution in [2.75, 3.05) is 6.61 Å². The molecular formula is C4H3F6NO. The van der Waals surface area contributed by atoms with Crippen molar-refractivity contribution in [3.8, 4) is 0 Å². The highest BCUT2D eigenvalue weighted by atomic mass is 19.4. The Bertz CT molecular complexity index is 169. The predicted molar refractivity (Wildman–Crippen MR) is 25.8 cm³/mol. The molecule has 0 spiro atoms. The van der Waals surface area contributed by atoms with Crippen molar-refractivity contribution in [1.82, 2.24) is 0 Å². The summed E-state index contributed by atoms with van der Waals surface area (Å²) in [6.07, 6.45) is -10.0. The average Bonchev–Trinajstić information content (AvgIpc) is 1.78. The third-order valence-corrected chi connectivity index (χ3v) is 0.638. The van der Waals surface area contributed by atoms with Crippen LogP contribution in [0.15, 0.2) is 0 Å². The van der Waals surface area contributed by atoms with Gasteiger partial charge >= 0.3 is 12.4 Å². The minimum Gasteiger partial charge on any atom is -0.465 e. The van der Waals surface area contributed by atoms with Crippen LogP contribution in [-0.4, -0.2) is 24.9 Å². The highest BCUT2D eigenvalue weighted by molar-refractivity contribution is 5.78. The fourth-order valence-corrected chi connectivity index (χ4v) is 0.236. The summed E-state index contributed by atoms with van der Waals surface area (Å²) in [5, 5.41) is 5.97. The van der Waals surface area contributed by atoms with Gasteiger partial charge in [-0.3, -0.25) is 5.41 Å². The van der Waals surface area contributed by atoms with Gasteiger partial charge in [0.2, 0.25) is 0 Å². The molecule has 0 saturated carbocycles. The zero-order valence-corrected chi connectivity index (χ0v) is 5.38. The Labute approximate surface area is 62.6 Å². The van der Waals surface area contributed by atoms with Gasteiger partial charge in [0.1, 0.15) is 0 Å². The third-order valence-electron chi connectivity index (χ3n) is 0.638. The van der Waals surface area contributed by atoms with Gasteiger partial charge in [0.05, 0.1) is 0 Å². The molecule has 0 radical (unpaired) electrons. The summed E-state index contributed by atoms with van der Waals surface area (Å²) in [5.74, 6) is -2.35. The zero-order chi connectivity index (χ0) is 9.99. The van der Waals surface area contributed by atoms with Crippen LogP contribution in [0.3, 0.4) is 0 Å². The summed E-state index contributed by atoms with van der Waals surface area (Å²) in [6, 6.07) is 0. The van der Waals surface area contributed by atoms with Gasteiger partial charge in [0, 0.05) is 0 Å². The monoisotopic (exact) mass is 195 g/mol. The van der Waals surface area contributed by atoms with Gasteiger partial charge < -0.3 is 4.74 Å². The molecule has 0 aliphatic rings. The Hall–Kier alpha value is -0.950. The maximum absolute atomic E-state index is 11.3. The molecule has 0 aromatic rings. The van der Waals surface area contributed by atoms with E-state index in [2.05, 4.69) is 4.74 Å². The van der Waals surface area contributed by atoms with E-state index in [0.717, 1.165) is 0 Å². The molecule has 2 nitrogen and oxygen atoms in total. The van der Waals surface area contributed by atoms with E-state index in [0.29, 0.717) is 0 Å². The van der Waals surface area contributed by atoms with Gasteiger partial charge in [0.25, 0.3) is 5.90 Å². The van der Waals surface area contributed by atoms with Crippen molar-refractivity contribution in [1.29, 1.82) is 5.41 Å². The lowest BCUT2D eigenvalue weighted by Crippen LogP contribution is -2.29. The van der Waals surface area contributed by atoms with E-state index >= 15 is 0 Å². The lowest BCUT2D eigenvalue weighted by atomic mass is 10.6. The molecule has 72 valence electrons. The van der Waals surface area contributed by atoms with E-state index in [1.807, 2.05) is 0 Å². The molecule has 0 atom stereocenters. The van der Waals surface area contributed by atoms with Crippen molar-refractivity contribution in [3.05, 3.63) is 0 Å². The Morgan fingerprint density at radius 3 is 1.75 bits per heavy atom. The van der Waals surface area contributed by atoms with Crippen LogP contribution < -0.4 is 0 Å². The van der Waals surface area contributed by atoms with Crippen molar-refractivity contribution in [2.45, 2.75) is 12.4 Å². The van der Waals surface area contributed by atoms with E-state index < -0.39 is 24.9 Å². The second-order valence-corrected chi connectivity index (χ2v) is 1.73. The highest BCUT2D eigenvalue weighted by Gasteiger charge is 2.39. The third kappa shape index (κ3) is 4.80. The fourth-order valence-electron chi connectivity index (χ4n) is 0.236. The van der Waals surface area contributed by atoms with Crippen LogP contribution in [0.5, 0.6) is 0 Å². The number of ether oxygens (including phenoxy) is 1. The second-order valence-electron chi connectivity index (χ2n) is 1.73. The Morgan fingerprint density at radius 1 is 1.08 bits per heavy atom. The number of halogens is 6. The SMILES string of the molecule is N=C(OCC(F)(F)F)C(F)(F)F. The van der Waals surface area contributed by atoms with Crippen LogP contribution in [0.1, 0.15) is 0 Å². The smallest absolute Gasteiger partial charge is 0.465 e. The van der Waals surface area contributed by atoms with Crippen LogP contribution >= 0.6 is 0 Å². The molecule has 0 aliphatic heterocycles. The van der Waals surface area contributed by atoms with E-state index in [4.69, 9.17) is 5.41 Å². The quantitative estimate of drug-likeness (QED) is 0.388. The van der Waals surface area contributed by atoms with Crippen molar-refractivity contribution in [3.63, 3.8) is 0 Å². The van der Waals surface area contributed by atoms with Gasteiger partial charge in [-0.05, 0) is 0 Å². The van der Waals surface area contributed by atoms with Gasteiger partial charge in [-0.15, -0.1) is 0 Å². The number of hydrogen-bond donors (Lipinski definition) is 1. The summed E-state index contributed by atoms with van der Waals surface area (Å²) < 4.78 is 70.7. The first-order valence-corrected chi connectivity index (χ1v) is 2.48. The molecule has 0 aliphatic carbocycles. The van der Waals surface area contributed by atoms with Crippen LogP contribution in [0.2, 0.25) is 0 Å². The first-order chi connectivity index (χ1) is 5.13. The number of nitrogens with one attached hydrogen (secondary N) is 1. The van der Waals surface area contributed by atoms with Crippen LogP contribution in [0.25, 0.3) is 0 Å². The standard InChI is InChI=1S/C4H3F6NO/c5-3(6,7)1-12-2(11)4(8,9)10/h11H,1H2. The van der Waals surface area contributed by atoms with E-state index in [1.54, 1.807) is 0 Å². The maximum atomic E-state index is 11.3. The topological polar surface area (TPSA) is 33.1 Å². The lowest BCUT2D eigenvalue weighted by molar-refractivity contribution is -0.165. The molecule has 0 aromatic carbocycles. The van der Waals surface area contributed by atoms with E-state index in [1.165, 1.54) is 0 Å². The zero-order valence-electron chi connectivity index (χ0n) is 5.38. The molecule has 0 bridgehead atoms. The Morgan fingerprint density at radius 2 is 1.50 bits per heavy atom. The lowest BCUT2D eigenvalue weighted by Gasteiger charge is -2.11.